The van der Waals surface area contributed by atoms with Crippen molar-refractivity contribution in [2.24, 2.45) is 5.92 Å². The number of carbonyl (C=O) groups is 1. The normalized spacial score (nSPS) is 29.9. The third kappa shape index (κ3) is 1.70. The van der Waals surface area contributed by atoms with Gasteiger partial charge in [0.15, 0.2) is 5.78 Å². The molecular formula is C12H18O. The molecule has 0 saturated carbocycles. The van der Waals surface area contributed by atoms with E-state index in [9.17, 15) is 4.79 Å². The van der Waals surface area contributed by atoms with E-state index in [1.54, 1.807) is 0 Å². The first-order chi connectivity index (χ1) is 6.29. The highest BCUT2D eigenvalue weighted by Gasteiger charge is 2.28. The molecule has 2 aliphatic carbocycles. The lowest BCUT2D eigenvalue weighted by Gasteiger charge is -2.13. The van der Waals surface area contributed by atoms with Crippen LogP contribution in [0.5, 0.6) is 0 Å². The lowest BCUT2D eigenvalue weighted by molar-refractivity contribution is -0.115. The van der Waals surface area contributed by atoms with Crippen molar-refractivity contribution < 1.29 is 4.79 Å². The topological polar surface area (TPSA) is 17.1 Å². The number of hydrogen-bond donors (Lipinski definition) is 0. The second kappa shape index (κ2) is 3.65. The molecule has 13 heavy (non-hydrogen) atoms. The van der Waals surface area contributed by atoms with Gasteiger partial charge in [0.25, 0.3) is 0 Å². The Kier molecular flexibility index (Phi) is 2.52. The van der Waals surface area contributed by atoms with Crippen LogP contribution in [-0.4, -0.2) is 5.78 Å². The molecule has 1 heteroatoms. The number of allylic oxidation sites excluding steroid dienone is 2. The van der Waals surface area contributed by atoms with Gasteiger partial charge in [0.2, 0.25) is 0 Å². The standard InChI is InChI=1S/C12H18O/c1-9-8-12(13)11-7-5-3-2-4-6-10(9)11/h9H,2-8H2,1H3. The quantitative estimate of drug-likeness (QED) is 0.556. The number of rotatable bonds is 0. The maximum atomic E-state index is 11.6. The molecule has 1 nitrogen and oxygen atoms in total. The van der Waals surface area contributed by atoms with E-state index >= 15 is 0 Å². The van der Waals surface area contributed by atoms with Crippen molar-refractivity contribution in [3.05, 3.63) is 11.1 Å². The summed E-state index contributed by atoms with van der Waals surface area (Å²) in [5.74, 6) is 1.00. The average molecular weight is 178 g/mol. The van der Waals surface area contributed by atoms with Gasteiger partial charge in [-0.05, 0) is 37.2 Å². The molecule has 0 saturated heterocycles. The van der Waals surface area contributed by atoms with Crippen LogP contribution in [0.15, 0.2) is 11.1 Å². The Morgan fingerprint density at radius 3 is 2.54 bits per heavy atom. The van der Waals surface area contributed by atoms with E-state index in [0.717, 1.165) is 12.8 Å². The molecular weight excluding hydrogens is 160 g/mol. The van der Waals surface area contributed by atoms with Crippen LogP contribution in [0, 0.1) is 5.92 Å². The Bertz CT molecular complexity index is 250. The summed E-state index contributed by atoms with van der Waals surface area (Å²) in [6.07, 6.45) is 8.27. The molecule has 0 aromatic rings. The molecule has 0 radical (unpaired) electrons. The van der Waals surface area contributed by atoms with E-state index in [1.165, 1.54) is 43.3 Å². The summed E-state index contributed by atoms with van der Waals surface area (Å²) in [5.41, 5.74) is 2.72. The molecule has 0 N–H and O–H groups in total. The lowest BCUT2D eigenvalue weighted by Crippen LogP contribution is -1.99. The van der Waals surface area contributed by atoms with E-state index in [4.69, 9.17) is 0 Å². The third-order valence-electron chi connectivity index (χ3n) is 3.43. The van der Waals surface area contributed by atoms with Crippen molar-refractivity contribution in [3.63, 3.8) is 0 Å². The third-order valence-corrected chi connectivity index (χ3v) is 3.43. The van der Waals surface area contributed by atoms with Crippen LogP contribution in [0.1, 0.15) is 51.9 Å². The van der Waals surface area contributed by atoms with Gasteiger partial charge in [0.05, 0.1) is 0 Å². The predicted octanol–water partition coefficient (Wildman–Crippen LogP) is 3.25. The zero-order chi connectivity index (χ0) is 9.26. The van der Waals surface area contributed by atoms with Crippen molar-refractivity contribution in [1.29, 1.82) is 0 Å². The van der Waals surface area contributed by atoms with Gasteiger partial charge in [0.1, 0.15) is 0 Å². The highest BCUT2D eigenvalue weighted by molar-refractivity contribution is 5.99. The van der Waals surface area contributed by atoms with Crippen LogP contribution < -0.4 is 0 Å². The van der Waals surface area contributed by atoms with Crippen LogP contribution in [0.4, 0.5) is 0 Å². The van der Waals surface area contributed by atoms with E-state index in [-0.39, 0.29) is 0 Å². The molecule has 2 rings (SSSR count). The smallest absolute Gasteiger partial charge is 0.159 e. The molecule has 0 heterocycles. The molecule has 0 aliphatic heterocycles. The van der Waals surface area contributed by atoms with E-state index in [2.05, 4.69) is 6.92 Å². The van der Waals surface area contributed by atoms with E-state index in [0.29, 0.717) is 11.7 Å². The molecule has 0 aromatic heterocycles. The van der Waals surface area contributed by atoms with Gasteiger partial charge in [-0.1, -0.05) is 25.3 Å². The monoisotopic (exact) mass is 178 g/mol. The van der Waals surface area contributed by atoms with E-state index in [1.807, 2.05) is 0 Å². The number of hydrogen-bond acceptors (Lipinski definition) is 1. The summed E-state index contributed by atoms with van der Waals surface area (Å²) < 4.78 is 0. The Hall–Kier alpha value is -0.590. The predicted molar refractivity (Wildman–Crippen MR) is 53.5 cm³/mol. The zero-order valence-electron chi connectivity index (χ0n) is 8.44. The largest absolute Gasteiger partial charge is 0.295 e. The van der Waals surface area contributed by atoms with Gasteiger partial charge in [-0.2, -0.15) is 0 Å². The molecule has 0 amide bonds. The van der Waals surface area contributed by atoms with Crippen molar-refractivity contribution in [2.75, 3.05) is 0 Å². The molecule has 0 fully saturated rings. The van der Waals surface area contributed by atoms with Crippen LogP contribution >= 0.6 is 0 Å². The minimum Gasteiger partial charge on any atom is -0.295 e. The van der Waals surface area contributed by atoms with Crippen LogP contribution in [-0.2, 0) is 4.79 Å². The maximum Gasteiger partial charge on any atom is 0.159 e. The fraction of sp³-hybridized carbons (Fsp3) is 0.750. The van der Waals surface area contributed by atoms with Gasteiger partial charge >= 0.3 is 0 Å². The summed E-state index contributed by atoms with van der Waals surface area (Å²) >= 11 is 0. The molecule has 72 valence electrons. The summed E-state index contributed by atoms with van der Waals surface area (Å²) in [6.45, 7) is 2.21. The number of ketones is 1. The van der Waals surface area contributed by atoms with Gasteiger partial charge in [-0.25, -0.2) is 0 Å². The van der Waals surface area contributed by atoms with Crippen molar-refractivity contribution in [2.45, 2.75) is 51.9 Å². The highest BCUT2D eigenvalue weighted by Crippen LogP contribution is 2.36. The molecule has 0 aromatic carbocycles. The Morgan fingerprint density at radius 1 is 1.08 bits per heavy atom. The van der Waals surface area contributed by atoms with Crippen molar-refractivity contribution in [3.8, 4) is 0 Å². The summed E-state index contributed by atoms with van der Waals surface area (Å²) in [5, 5.41) is 0. The summed E-state index contributed by atoms with van der Waals surface area (Å²) in [6, 6.07) is 0. The van der Waals surface area contributed by atoms with Gasteiger partial charge in [-0.15, -0.1) is 0 Å². The van der Waals surface area contributed by atoms with Gasteiger partial charge in [-0.3, -0.25) is 4.79 Å². The second-order valence-electron chi connectivity index (χ2n) is 4.45. The number of carbonyl (C=O) groups excluding carboxylic acids is 1. The Labute approximate surface area is 80.2 Å². The Balaban J connectivity index is 2.22. The Morgan fingerprint density at radius 2 is 1.77 bits per heavy atom. The first kappa shape index (κ1) is 8.98. The van der Waals surface area contributed by atoms with Crippen molar-refractivity contribution >= 4 is 5.78 Å². The lowest BCUT2D eigenvalue weighted by atomic mass is 9.92. The SMILES string of the molecule is CC1CC(=O)C2=C1CCCCCC2. The molecule has 0 spiro atoms. The van der Waals surface area contributed by atoms with Crippen LogP contribution in [0.2, 0.25) is 0 Å². The van der Waals surface area contributed by atoms with Gasteiger partial charge in [0, 0.05) is 6.42 Å². The number of Topliss-reactive ketones (excluding diaryl/α,β-unsaturated/α-hetero) is 1. The van der Waals surface area contributed by atoms with Crippen molar-refractivity contribution in [1.82, 2.24) is 0 Å². The molecule has 0 bridgehead atoms. The van der Waals surface area contributed by atoms with Crippen LogP contribution in [0.25, 0.3) is 0 Å². The second-order valence-corrected chi connectivity index (χ2v) is 4.45. The zero-order valence-corrected chi connectivity index (χ0v) is 8.44. The van der Waals surface area contributed by atoms with Gasteiger partial charge < -0.3 is 0 Å². The molecule has 1 atom stereocenters. The fourth-order valence-corrected chi connectivity index (χ4v) is 2.67. The first-order valence-electron chi connectivity index (χ1n) is 5.54. The maximum absolute atomic E-state index is 11.6. The summed E-state index contributed by atoms with van der Waals surface area (Å²) in [4.78, 5) is 11.6. The molecule has 2 aliphatic rings. The minimum atomic E-state index is 0.449. The summed E-state index contributed by atoms with van der Waals surface area (Å²) in [7, 11) is 0. The average Bonchev–Trinajstić information content (AvgIpc) is 2.25. The first-order valence-corrected chi connectivity index (χ1v) is 5.54. The fourth-order valence-electron chi connectivity index (χ4n) is 2.67. The van der Waals surface area contributed by atoms with E-state index < -0.39 is 0 Å². The molecule has 1 unspecified atom stereocenters. The highest BCUT2D eigenvalue weighted by atomic mass is 16.1. The minimum absolute atomic E-state index is 0.449. The van der Waals surface area contributed by atoms with Crippen LogP contribution in [0.3, 0.4) is 0 Å².